The van der Waals surface area contributed by atoms with E-state index < -0.39 is 0 Å². The molecule has 1 unspecified atom stereocenters. The second kappa shape index (κ2) is 6.89. The van der Waals surface area contributed by atoms with E-state index in [0.29, 0.717) is 23.7 Å². The molecule has 0 aromatic rings. The van der Waals surface area contributed by atoms with Crippen LogP contribution in [0.5, 0.6) is 0 Å². The van der Waals surface area contributed by atoms with E-state index in [1.165, 1.54) is 20.8 Å². The fraction of sp³-hybridized carbons (Fsp3) is 0.650. The van der Waals surface area contributed by atoms with Gasteiger partial charge in [-0.1, -0.05) is 0 Å². The molecule has 6 heteroatoms. The highest BCUT2D eigenvalue weighted by Gasteiger charge is 2.69. The molecule has 2 fully saturated rings. The number of ether oxygens (including phenoxy) is 3. The average Bonchev–Trinajstić information content (AvgIpc) is 3.00. The molecule has 0 heterocycles. The molecule has 26 heavy (non-hydrogen) atoms. The molecule has 0 spiro atoms. The normalized spacial score (nSPS) is 30.6. The molecule has 0 N–H and O–H groups in total. The fourth-order valence-corrected chi connectivity index (χ4v) is 4.98. The largest absolute Gasteiger partial charge is 0.461 e. The van der Waals surface area contributed by atoms with Crippen LogP contribution in [0.1, 0.15) is 41.0 Å². The molecular formula is C20H26O6. The van der Waals surface area contributed by atoms with Crippen LogP contribution in [0.15, 0.2) is 22.5 Å². The fourth-order valence-electron chi connectivity index (χ4n) is 4.98. The smallest absolute Gasteiger partial charge is 0.307 e. The number of carbonyl (C=O) groups excluding carboxylic acids is 3. The molecule has 0 amide bonds. The summed E-state index contributed by atoms with van der Waals surface area (Å²) in [7, 11) is 0. The number of fused-ring (bicyclic) bond motifs is 5. The van der Waals surface area contributed by atoms with Crippen molar-refractivity contribution < 1.29 is 28.6 Å². The van der Waals surface area contributed by atoms with Gasteiger partial charge in [0, 0.05) is 26.7 Å². The Morgan fingerprint density at radius 1 is 0.808 bits per heavy atom. The van der Waals surface area contributed by atoms with Crippen molar-refractivity contribution in [1.82, 2.24) is 0 Å². The molecule has 5 atom stereocenters. The highest BCUT2D eigenvalue weighted by atomic mass is 16.5. The van der Waals surface area contributed by atoms with Crippen LogP contribution in [-0.4, -0.2) is 31.1 Å². The van der Waals surface area contributed by atoms with Gasteiger partial charge in [0.15, 0.2) is 0 Å². The predicted octanol–water partition coefficient (Wildman–Crippen LogP) is 2.78. The molecule has 0 aromatic carbocycles. The molecule has 2 bridgehead atoms. The SMILES string of the molecule is CC(=O)OCC1=C(COC(C)=O)[C@@H]2C[C@H]1[C@H]1C(C(OC(C)=O)=C(C)C)[C@H]12. The third kappa shape index (κ3) is 3.29. The average molecular weight is 362 g/mol. The van der Waals surface area contributed by atoms with E-state index in [-0.39, 0.29) is 37.0 Å². The summed E-state index contributed by atoms with van der Waals surface area (Å²) in [6.07, 6.45) is 0.995. The minimum Gasteiger partial charge on any atom is -0.461 e. The summed E-state index contributed by atoms with van der Waals surface area (Å²) >= 11 is 0. The van der Waals surface area contributed by atoms with Crippen LogP contribution in [0.25, 0.3) is 0 Å². The van der Waals surface area contributed by atoms with Gasteiger partial charge in [0.1, 0.15) is 19.0 Å². The molecule has 0 radical (unpaired) electrons. The van der Waals surface area contributed by atoms with Crippen LogP contribution in [0.4, 0.5) is 0 Å². The zero-order valence-electron chi connectivity index (χ0n) is 16.0. The van der Waals surface area contributed by atoms with Crippen LogP contribution in [0, 0.1) is 29.6 Å². The Morgan fingerprint density at radius 3 is 1.62 bits per heavy atom. The standard InChI is InChI=1S/C20H26O6/c1-9(2)20(26-12(5)23)19-17-13-6-14(18(17)19)16(8-25-11(4)22)15(13)7-24-10(3)21/h13-14,17-19H,6-8H2,1-5H3/t13-,14+,17-,18+,19?. The summed E-state index contributed by atoms with van der Waals surface area (Å²) in [6, 6.07) is 0. The van der Waals surface area contributed by atoms with E-state index in [4.69, 9.17) is 14.2 Å². The molecule has 142 valence electrons. The first-order valence-electron chi connectivity index (χ1n) is 9.06. The lowest BCUT2D eigenvalue weighted by atomic mass is 9.92. The Labute approximate surface area is 153 Å². The molecule has 0 aromatic heterocycles. The maximum atomic E-state index is 11.5. The van der Waals surface area contributed by atoms with Crippen LogP contribution >= 0.6 is 0 Å². The Hall–Kier alpha value is -2.11. The molecule has 3 aliphatic rings. The summed E-state index contributed by atoms with van der Waals surface area (Å²) < 4.78 is 16.0. The second-order valence-electron chi connectivity index (χ2n) is 7.70. The zero-order chi connectivity index (χ0) is 19.2. The van der Waals surface area contributed by atoms with Gasteiger partial charge in [-0.3, -0.25) is 14.4 Å². The van der Waals surface area contributed by atoms with Gasteiger partial charge in [-0.05, 0) is 60.7 Å². The maximum Gasteiger partial charge on any atom is 0.307 e. The van der Waals surface area contributed by atoms with Crippen molar-refractivity contribution in [3.8, 4) is 0 Å². The number of rotatable bonds is 6. The summed E-state index contributed by atoms with van der Waals surface area (Å²) in [5, 5.41) is 0. The first kappa shape index (κ1) is 18.7. The molecule has 2 saturated carbocycles. The Morgan fingerprint density at radius 2 is 1.27 bits per heavy atom. The summed E-state index contributed by atoms with van der Waals surface area (Å²) in [5.74, 6) is 1.48. The van der Waals surface area contributed by atoms with Crippen molar-refractivity contribution in [3.63, 3.8) is 0 Å². The Balaban J connectivity index is 1.82. The number of esters is 3. The maximum absolute atomic E-state index is 11.5. The Kier molecular flexibility index (Phi) is 4.95. The summed E-state index contributed by atoms with van der Waals surface area (Å²) in [5.41, 5.74) is 3.19. The van der Waals surface area contributed by atoms with Gasteiger partial charge in [-0.2, -0.15) is 0 Å². The van der Waals surface area contributed by atoms with Gasteiger partial charge in [-0.15, -0.1) is 0 Å². The van der Waals surface area contributed by atoms with Gasteiger partial charge < -0.3 is 14.2 Å². The predicted molar refractivity (Wildman–Crippen MR) is 92.5 cm³/mol. The van der Waals surface area contributed by atoms with Crippen molar-refractivity contribution in [2.45, 2.75) is 41.0 Å². The topological polar surface area (TPSA) is 78.9 Å². The summed E-state index contributed by atoms with van der Waals surface area (Å²) in [6.45, 7) is 8.63. The number of allylic oxidation sites excluding steroid dienone is 2. The van der Waals surface area contributed by atoms with Crippen molar-refractivity contribution in [2.75, 3.05) is 13.2 Å². The van der Waals surface area contributed by atoms with Crippen molar-refractivity contribution >= 4 is 17.9 Å². The van der Waals surface area contributed by atoms with Crippen molar-refractivity contribution in [1.29, 1.82) is 0 Å². The van der Waals surface area contributed by atoms with Gasteiger partial charge in [0.05, 0.1) is 0 Å². The highest BCUT2D eigenvalue weighted by molar-refractivity contribution is 5.68. The lowest BCUT2D eigenvalue weighted by molar-refractivity contribution is -0.141. The Bertz CT molecular complexity index is 672. The minimum atomic E-state index is -0.319. The van der Waals surface area contributed by atoms with Gasteiger partial charge in [0.2, 0.25) is 0 Å². The van der Waals surface area contributed by atoms with E-state index in [9.17, 15) is 14.4 Å². The number of hydrogen-bond donors (Lipinski definition) is 0. The molecular weight excluding hydrogens is 336 g/mol. The quantitative estimate of drug-likeness (QED) is 0.313. The molecule has 3 aliphatic carbocycles. The van der Waals surface area contributed by atoms with E-state index in [1.54, 1.807) is 0 Å². The van der Waals surface area contributed by atoms with E-state index in [0.717, 1.165) is 28.9 Å². The monoisotopic (exact) mass is 362 g/mol. The van der Waals surface area contributed by atoms with Gasteiger partial charge in [-0.25, -0.2) is 0 Å². The van der Waals surface area contributed by atoms with E-state index >= 15 is 0 Å². The number of hydrogen-bond acceptors (Lipinski definition) is 6. The number of carbonyl (C=O) groups is 3. The van der Waals surface area contributed by atoms with Crippen molar-refractivity contribution in [2.24, 2.45) is 29.6 Å². The van der Waals surface area contributed by atoms with Crippen molar-refractivity contribution in [3.05, 3.63) is 22.5 Å². The molecule has 3 rings (SSSR count). The lowest BCUT2D eigenvalue weighted by Gasteiger charge is -2.19. The molecule has 0 saturated heterocycles. The van der Waals surface area contributed by atoms with Crippen LogP contribution < -0.4 is 0 Å². The molecule has 0 aliphatic heterocycles. The van der Waals surface area contributed by atoms with E-state index in [1.807, 2.05) is 13.8 Å². The van der Waals surface area contributed by atoms with Crippen LogP contribution in [0.3, 0.4) is 0 Å². The first-order chi connectivity index (χ1) is 12.2. The highest BCUT2D eigenvalue weighted by Crippen LogP contribution is 2.73. The van der Waals surface area contributed by atoms with Gasteiger partial charge >= 0.3 is 17.9 Å². The second-order valence-corrected chi connectivity index (χ2v) is 7.70. The third-order valence-corrected chi connectivity index (χ3v) is 5.79. The summed E-state index contributed by atoms with van der Waals surface area (Å²) in [4.78, 5) is 34.0. The third-order valence-electron chi connectivity index (χ3n) is 5.79. The minimum absolute atomic E-state index is 0.217. The van der Waals surface area contributed by atoms with Crippen LogP contribution in [-0.2, 0) is 28.6 Å². The molecule has 6 nitrogen and oxygen atoms in total. The van der Waals surface area contributed by atoms with Crippen LogP contribution in [0.2, 0.25) is 0 Å². The lowest BCUT2D eigenvalue weighted by Crippen LogP contribution is -2.17. The van der Waals surface area contributed by atoms with E-state index in [2.05, 4.69) is 0 Å². The first-order valence-corrected chi connectivity index (χ1v) is 9.06. The van der Waals surface area contributed by atoms with Gasteiger partial charge in [0.25, 0.3) is 0 Å². The zero-order valence-corrected chi connectivity index (χ0v) is 16.0.